The number of nitrogens with zero attached hydrogens (tertiary/aromatic N) is 2. The summed E-state index contributed by atoms with van der Waals surface area (Å²) in [6.45, 7) is 1.88. The van der Waals surface area contributed by atoms with Gasteiger partial charge in [0, 0.05) is 43.0 Å². The molecule has 0 amide bonds. The van der Waals surface area contributed by atoms with Crippen LogP contribution in [0.2, 0.25) is 0 Å². The SMILES string of the molecule is O=CC1CCN(c2ccc([C@@H]3c4ccc(O)cc4CC[C@@H]3c3ccncc3)cc2)CC1. The highest BCUT2D eigenvalue weighted by Crippen LogP contribution is 2.47. The summed E-state index contributed by atoms with van der Waals surface area (Å²) in [5, 5.41) is 10.0. The Hall–Kier alpha value is -3.14. The first-order chi connectivity index (χ1) is 15.2. The van der Waals surface area contributed by atoms with Crippen molar-refractivity contribution in [3.05, 3.63) is 89.2 Å². The van der Waals surface area contributed by atoms with Gasteiger partial charge in [0.15, 0.2) is 0 Å². The summed E-state index contributed by atoms with van der Waals surface area (Å²) in [6.07, 6.45) is 8.76. The van der Waals surface area contributed by atoms with E-state index < -0.39 is 0 Å². The Kier molecular flexibility index (Phi) is 5.46. The number of carbonyl (C=O) groups is 1. The molecule has 0 unspecified atom stereocenters. The van der Waals surface area contributed by atoms with Crippen molar-refractivity contribution in [3.8, 4) is 5.75 Å². The van der Waals surface area contributed by atoms with Gasteiger partial charge in [-0.15, -0.1) is 0 Å². The lowest BCUT2D eigenvalue weighted by atomic mass is 9.69. The van der Waals surface area contributed by atoms with Gasteiger partial charge in [-0.3, -0.25) is 4.98 Å². The highest BCUT2D eigenvalue weighted by molar-refractivity contribution is 5.56. The number of rotatable bonds is 4. The van der Waals surface area contributed by atoms with Crippen LogP contribution in [-0.2, 0) is 11.2 Å². The van der Waals surface area contributed by atoms with Crippen molar-refractivity contribution >= 4 is 12.0 Å². The Labute approximate surface area is 183 Å². The molecule has 3 aromatic rings. The van der Waals surface area contributed by atoms with Crippen molar-refractivity contribution in [3.63, 3.8) is 0 Å². The van der Waals surface area contributed by atoms with Crippen LogP contribution in [0.1, 0.15) is 53.4 Å². The molecule has 5 rings (SSSR count). The van der Waals surface area contributed by atoms with E-state index in [4.69, 9.17) is 0 Å². The average molecular weight is 413 g/mol. The lowest BCUT2D eigenvalue weighted by molar-refractivity contribution is -0.111. The molecule has 1 N–H and O–H groups in total. The van der Waals surface area contributed by atoms with Gasteiger partial charge >= 0.3 is 0 Å². The van der Waals surface area contributed by atoms with E-state index in [0.29, 0.717) is 11.7 Å². The fourth-order valence-electron chi connectivity index (χ4n) is 5.37. The summed E-state index contributed by atoms with van der Waals surface area (Å²) >= 11 is 0. The zero-order valence-corrected chi connectivity index (χ0v) is 17.7. The van der Waals surface area contributed by atoms with Gasteiger partial charge in [-0.25, -0.2) is 0 Å². The van der Waals surface area contributed by atoms with Crippen molar-refractivity contribution in [2.75, 3.05) is 18.0 Å². The molecule has 1 aromatic heterocycles. The molecule has 31 heavy (non-hydrogen) atoms. The van der Waals surface area contributed by atoms with Crippen molar-refractivity contribution in [2.45, 2.75) is 37.5 Å². The maximum Gasteiger partial charge on any atom is 0.123 e. The van der Waals surface area contributed by atoms with E-state index in [9.17, 15) is 9.90 Å². The van der Waals surface area contributed by atoms with Crippen molar-refractivity contribution in [1.29, 1.82) is 0 Å². The number of hydrogen-bond acceptors (Lipinski definition) is 4. The van der Waals surface area contributed by atoms with E-state index in [-0.39, 0.29) is 11.8 Å². The molecule has 158 valence electrons. The zero-order chi connectivity index (χ0) is 21.2. The molecule has 1 saturated heterocycles. The van der Waals surface area contributed by atoms with Gasteiger partial charge in [0.2, 0.25) is 0 Å². The lowest BCUT2D eigenvalue weighted by Crippen LogP contribution is -2.34. The van der Waals surface area contributed by atoms with E-state index in [1.807, 2.05) is 24.5 Å². The summed E-state index contributed by atoms with van der Waals surface area (Å²) < 4.78 is 0. The molecule has 2 aromatic carbocycles. The number of aldehydes is 1. The predicted molar refractivity (Wildman–Crippen MR) is 123 cm³/mol. The number of fused-ring (bicyclic) bond motifs is 1. The molecule has 2 aliphatic rings. The summed E-state index contributed by atoms with van der Waals surface area (Å²) in [6, 6.07) is 19.1. The average Bonchev–Trinajstić information content (AvgIpc) is 2.84. The molecular weight excluding hydrogens is 384 g/mol. The van der Waals surface area contributed by atoms with Crippen LogP contribution in [0, 0.1) is 5.92 Å². The van der Waals surface area contributed by atoms with Gasteiger partial charge < -0.3 is 14.8 Å². The normalized spacial score (nSPS) is 21.5. The fraction of sp³-hybridized carbons (Fsp3) is 0.333. The van der Waals surface area contributed by atoms with Crippen LogP contribution < -0.4 is 4.90 Å². The van der Waals surface area contributed by atoms with Crippen LogP contribution in [0.4, 0.5) is 5.69 Å². The number of phenolic OH excluding ortho intramolecular Hbond substituents is 1. The molecule has 4 heteroatoms. The predicted octanol–water partition coefficient (Wildman–Crippen LogP) is 5.06. The first kappa shape index (κ1) is 19.8. The summed E-state index contributed by atoms with van der Waals surface area (Å²) in [5.74, 6) is 1.19. The van der Waals surface area contributed by atoms with Gasteiger partial charge in [-0.1, -0.05) is 18.2 Å². The van der Waals surface area contributed by atoms with Crippen LogP contribution >= 0.6 is 0 Å². The molecule has 0 saturated carbocycles. The van der Waals surface area contributed by atoms with Gasteiger partial charge in [0.05, 0.1) is 0 Å². The second kappa shape index (κ2) is 8.54. The summed E-state index contributed by atoms with van der Waals surface area (Å²) in [5.41, 5.74) is 6.41. The number of phenols is 1. The number of aromatic hydroxyl groups is 1. The first-order valence-corrected chi connectivity index (χ1v) is 11.2. The molecule has 1 aliphatic heterocycles. The number of carbonyl (C=O) groups excluding carboxylic acids is 1. The van der Waals surface area contributed by atoms with Crippen molar-refractivity contribution in [1.82, 2.24) is 4.98 Å². The largest absolute Gasteiger partial charge is 0.508 e. The summed E-state index contributed by atoms with van der Waals surface area (Å²) in [4.78, 5) is 17.6. The Bertz CT molecular complexity index is 1040. The monoisotopic (exact) mass is 412 g/mol. The number of aromatic nitrogens is 1. The number of benzene rings is 2. The Balaban J connectivity index is 1.47. The number of anilines is 1. The molecule has 0 spiro atoms. The van der Waals surface area contributed by atoms with E-state index in [0.717, 1.165) is 45.1 Å². The molecule has 2 atom stereocenters. The number of hydrogen-bond donors (Lipinski definition) is 1. The van der Waals surface area contributed by atoms with Gasteiger partial charge in [0.1, 0.15) is 12.0 Å². The van der Waals surface area contributed by atoms with Crippen LogP contribution in [0.25, 0.3) is 0 Å². The van der Waals surface area contributed by atoms with Crippen LogP contribution in [-0.4, -0.2) is 29.5 Å². The van der Waals surface area contributed by atoms with E-state index >= 15 is 0 Å². The standard InChI is InChI=1S/C27H28N2O2/c30-18-19-11-15-29(16-12-19)23-4-1-21(2-5-23)27-25(20-9-13-28-14-10-20)7-3-22-17-24(31)6-8-26(22)27/h1-2,4-6,8-10,13-14,17-19,25,27,31H,3,7,11-12,15-16H2/t25-,27+/m1/s1. The quantitative estimate of drug-likeness (QED) is 0.608. The molecule has 0 radical (unpaired) electrons. The molecular formula is C27H28N2O2. The van der Waals surface area contributed by atoms with Crippen LogP contribution in [0.3, 0.4) is 0 Å². The zero-order valence-electron chi connectivity index (χ0n) is 17.7. The molecule has 2 heterocycles. The highest BCUT2D eigenvalue weighted by atomic mass is 16.3. The minimum absolute atomic E-state index is 0.215. The van der Waals surface area contributed by atoms with Gasteiger partial charge in [0.25, 0.3) is 0 Å². The number of aryl methyl sites for hydroxylation is 1. The third-order valence-electron chi connectivity index (χ3n) is 7.07. The third-order valence-corrected chi connectivity index (χ3v) is 7.07. The minimum Gasteiger partial charge on any atom is -0.508 e. The smallest absolute Gasteiger partial charge is 0.123 e. The number of piperidine rings is 1. The first-order valence-electron chi connectivity index (χ1n) is 11.2. The second-order valence-electron chi connectivity index (χ2n) is 8.84. The Morgan fingerprint density at radius 2 is 1.65 bits per heavy atom. The molecule has 0 bridgehead atoms. The molecule has 4 nitrogen and oxygen atoms in total. The molecule has 1 aliphatic carbocycles. The Morgan fingerprint density at radius 1 is 0.903 bits per heavy atom. The highest BCUT2D eigenvalue weighted by Gasteiger charge is 2.32. The van der Waals surface area contributed by atoms with Crippen molar-refractivity contribution in [2.24, 2.45) is 5.92 Å². The van der Waals surface area contributed by atoms with Gasteiger partial charge in [-0.2, -0.15) is 0 Å². The number of pyridine rings is 1. The fourth-order valence-corrected chi connectivity index (χ4v) is 5.37. The maximum atomic E-state index is 11.1. The maximum absolute atomic E-state index is 11.1. The molecule has 1 fully saturated rings. The van der Waals surface area contributed by atoms with E-state index in [2.05, 4.69) is 52.3 Å². The van der Waals surface area contributed by atoms with Crippen molar-refractivity contribution < 1.29 is 9.90 Å². The second-order valence-corrected chi connectivity index (χ2v) is 8.84. The lowest BCUT2D eigenvalue weighted by Gasteiger charge is -2.35. The topological polar surface area (TPSA) is 53.4 Å². The van der Waals surface area contributed by atoms with E-state index in [1.165, 1.54) is 27.9 Å². The third kappa shape index (κ3) is 3.95. The summed E-state index contributed by atoms with van der Waals surface area (Å²) in [7, 11) is 0. The Morgan fingerprint density at radius 3 is 2.35 bits per heavy atom. The van der Waals surface area contributed by atoms with Crippen LogP contribution in [0.15, 0.2) is 67.0 Å². The van der Waals surface area contributed by atoms with E-state index in [1.54, 1.807) is 0 Å². The van der Waals surface area contributed by atoms with Gasteiger partial charge in [-0.05, 0) is 90.3 Å². The van der Waals surface area contributed by atoms with Crippen LogP contribution in [0.5, 0.6) is 5.75 Å². The minimum atomic E-state index is 0.215.